The van der Waals surface area contributed by atoms with E-state index in [1.165, 1.54) is 50.9 Å². The highest BCUT2D eigenvalue weighted by molar-refractivity contribution is 7.99. The Bertz CT molecular complexity index is 1360. The fourth-order valence-corrected chi connectivity index (χ4v) is 5.08. The summed E-state index contributed by atoms with van der Waals surface area (Å²) in [6.07, 6.45) is 0. The third kappa shape index (κ3) is 4.61. The molecule has 1 amide bonds. The van der Waals surface area contributed by atoms with Crippen LogP contribution < -0.4 is 10.9 Å². The van der Waals surface area contributed by atoms with Gasteiger partial charge in [-0.05, 0) is 48.2 Å². The molecule has 164 valence electrons. The van der Waals surface area contributed by atoms with Crippen molar-refractivity contribution in [3.8, 4) is 11.1 Å². The molecular weight excluding hydrogens is 445 g/mol. The summed E-state index contributed by atoms with van der Waals surface area (Å²) in [4.78, 5) is 30.7. The van der Waals surface area contributed by atoms with Gasteiger partial charge in [-0.2, -0.15) is 0 Å². The summed E-state index contributed by atoms with van der Waals surface area (Å²) in [5, 5.41) is 5.86. The van der Waals surface area contributed by atoms with Crippen LogP contribution in [0.25, 0.3) is 21.3 Å². The fourth-order valence-electron chi connectivity index (χ4n) is 3.29. The van der Waals surface area contributed by atoms with E-state index < -0.39 is 0 Å². The number of aryl methyl sites for hydroxylation is 2. The minimum Gasteiger partial charge on any atom is -0.351 e. The number of hydrogen-bond donors (Lipinski definition) is 1. The molecule has 0 aliphatic heterocycles. The lowest BCUT2D eigenvalue weighted by molar-refractivity contribution is -0.118. The normalized spacial score (nSPS) is 11.1. The molecule has 0 fully saturated rings. The summed E-state index contributed by atoms with van der Waals surface area (Å²) >= 11 is 2.65. The minimum atomic E-state index is -0.313. The van der Waals surface area contributed by atoms with Crippen molar-refractivity contribution >= 4 is 39.2 Å². The number of benzene rings is 2. The van der Waals surface area contributed by atoms with E-state index in [9.17, 15) is 14.0 Å². The number of fused-ring (bicyclic) bond motifs is 1. The first-order chi connectivity index (χ1) is 15.3. The highest BCUT2D eigenvalue weighted by atomic mass is 32.2. The maximum atomic E-state index is 13.1. The number of carbonyl (C=O) groups is 1. The van der Waals surface area contributed by atoms with Crippen LogP contribution in [0.2, 0.25) is 0 Å². The van der Waals surface area contributed by atoms with Crippen molar-refractivity contribution in [3.05, 3.63) is 80.7 Å². The van der Waals surface area contributed by atoms with Gasteiger partial charge in [0.15, 0.2) is 5.16 Å². The molecule has 0 saturated heterocycles. The van der Waals surface area contributed by atoms with Gasteiger partial charge in [-0.15, -0.1) is 11.3 Å². The topological polar surface area (TPSA) is 64.0 Å². The van der Waals surface area contributed by atoms with E-state index in [4.69, 9.17) is 0 Å². The van der Waals surface area contributed by atoms with Crippen LogP contribution in [0.3, 0.4) is 0 Å². The van der Waals surface area contributed by atoms with Gasteiger partial charge in [0.2, 0.25) is 5.91 Å². The summed E-state index contributed by atoms with van der Waals surface area (Å²) < 4.78 is 14.5. The maximum Gasteiger partial charge on any atom is 0.263 e. The van der Waals surface area contributed by atoms with Gasteiger partial charge in [-0.1, -0.05) is 42.1 Å². The smallest absolute Gasteiger partial charge is 0.263 e. The Labute approximate surface area is 193 Å². The largest absolute Gasteiger partial charge is 0.351 e. The molecule has 8 heteroatoms. The number of nitrogens with zero attached hydrogens (tertiary/aromatic N) is 2. The Hall–Kier alpha value is -2.97. The lowest BCUT2D eigenvalue weighted by Crippen LogP contribution is -2.25. The van der Waals surface area contributed by atoms with Crippen LogP contribution in [0.5, 0.6) is 0 Å². The number of nitrogens with one attached hydrogen (secondary N) is 1. The Morgan fingerprint density at radius 2 is 1.91 bits per heavy atom. The molecule has 32 heavy (non-hydrogen) atoms. The zero-order chi connectivity index (χ0) is 22.8. The monoisotopic (exact) mass is 467 g/mol. The molecule has 0 atom stereocenters. The molecule has 4 aromatic rings. The van der Waals surface area contributed by atoms with Crippen LogP contribution in [0.4, 0.5) is 4.39 Å². The molecule has 5 nitrogen and oxygen atoms in total. The van der Waals surface area contributed by atoms with Crippen LogP contribution in [0.15, 0.2) is 57.8 Å². The average molecular weight is 468 g/mol. The third-order valence-electron chi connectivity index (χ3n) is 5.33. The molecule has 0 radical (unpaired) electrons. The molecule has 0 unspecified atom stereocenters. The van der Waals surface area contributed by atoms with Gasteiger partial charge in [-0.25, -0.2) is 9.37 Å². The molecule has 2 heterocycles. The summed E-state index contributed by atoms with van der Waals surface area (Å²) in [7, 11) is 1.68. The van der Waals surface area contributed by atoms with E-state index >= 15 is 0 Å². The van der Waals surface area contributed by atoms with Crippen molar-refractivity contribution in [2.75, 3.05) is 5.75 Å². The van der Waals surface area contributed by atoms with Gasteiger partial charge in [-0.3, -0.25) is 14.2 Å². The maximum absolute atomic E-state index is 13.1. The van der Waals surface area contributed by atoms with E-state index in [1.54, 1.807) is 19.2 Å². The zero-order valence-corrected chi connectivity index (χ0v) is 19.6. The van der Waals surface area contributed by atoms with Crippen LogP contribution >= 0.6 is 23.1 Å². The molecule has 2 aromatic heterocycles. The molecule has 0 aliphatic carbocycles. The van der Waals surface area contributed by atoms with Gasteiger partial charge >= 0.3 is 0 Å². The Kier molecular flexibility index (Phi) is 6.43. The second-order valence-electron chi connectivity index (χ2n) is 7.58. The highest BCUT2D eigenvalue weighted by Crippen LogP contribution is 2.32. The summed E-state index contributed by atoms with van der Waals surface area (Å²) in [6, 6.07) is 12.1. The third-order valence-corrected chi connectivity index (χ3v) is 7.23. The first kappa shape index (κ1) is 22.2. The van der Waals surface area contributed by atoms with Crippen molar-refractivity contribution in [1.82, 2.24) is 14.9 Å². The van der Waals surface area contributed by atoms with Gasteiger partial charge in [0.1, 0.15) is 10.6 Å². The van der Waals surface area contributed by atoms with E-state index in [0.29, 0.717) is 21.9 Å². The van der Waals surface area contributed by atoms with Crippen LogP contribution in [0, 0.1) is 19.7 Å². The lowest BCUT2D eigenvalue weighted by Gasteiger charge is -2.09. The zero-order valence-electron chi connectivity index (χ0n) is 17.9. The number of thiophene rings is 1. The Balaban J connectivity index is 1.51. The number of halogens is 1. The quantitative estimate of drug-likeness (QED) is 0.326. The molecule has 0 spiro atoms. The molecular formula is C24H22FN3O2S2. The van der Waals surface area contributed by atoms with Crippen molar-refractivity contribution in [1.29, 1.82) is 0 Å². The van der Waals surface area contributed by atoms with Crippen LogP contribution in [-0.4, -0.2) is 21.2 Å². The lowest BCUT2D eigenvalue weighted by atomic mass is 10.0. The van der Waals surface area contributed by atoms with Crippen molar-refractivity contribution in [3.63, 3.8) is 0 Å². The van der Waals surface area contributed by atoms with Crippen molar-refractivity contribution in [2.45, 2.75) is 25.5 Å². The van der Waals surface area contributed by atoms with E-state index in [1.807, 2.05) is 11.4 Å². The second kappa shape index (κ2) is 9.26. The standard InChI is InChI=1S/C24H22FN3O2S2/c1-14-4-7-17(10-15(14)2)19-12-31-22-21(19)23(30)28(3)24(27-22)32-13-20(29)26-11-16-5-8-18(25)9-6-16/h4-10,12H,11,13H2,1-3H3,(H,26,29). The molecule has 1 N–H and O–H groups in total. The van der Waals surface area contributed by atoms with Crippen LogP contribution in [0.1, 0.15) is 16.7 Å². The number of rotatable bonds is 6. The Morgan fingerprint density at radius 3 is 2.62 bits per heavy atom. The molecule has 0 aliphatic rings. The molecule has 4 rings (SSSR count). The SMILES string of the molecule is Cc1ccc(-c2csc3nc(SCC(=O)NCc4ccc(F)cc4)n(C)c(=O)c23)cc1C. The number of amides is 1. The van der Waals surface area contributed by atoms with E-state index in [0.717, 1.165) is 16.7 Å². The fraction of sp³-hybridized carbons (Fsp3) is 0.208. The number of carbonyl (C=O) groups excluding carboxylic acids is 1. The van der Waals surface area contributed by atoms with Gasteiger partial charge < -0.3 is 5.32 Å². The van der Waals surface area contributed by atoms with Gasteiger partial charge in [0, 0.05) is 24.5 Å². The van der Waals surface area contributed by atoms with Crippen LogP contribution in [-0.2, 0) is 18.4 Å². The minimum absolute atomic E-state index is 0.126. The number of hydrogen-bond acceptors (Lipinski definition) is 5. The summed E-state index contributed by atoms with van der Waals surface area (Å²) in [5.74, 6) is -0.370. The molecule has 0 bridgehead atoms. The number of aromatic nitrogens is 2. The van der Waals surface area contributed by atoms with E-state index in [2.05, 4.69) is 36.3 Å². The van der Waals surface area contributed by atoms with Gasteiger partial charge in [0.25, 0.3) is 5.56 Å². The van der Waals surface area contributed by atoms with Crippen molar-refractivity contribution in [2.24, 2.45) is 7.05 Å². The highest BCUT2D eigenvalue weighted by Gasteiger charge is 2.17. The molecule has 2 aromatic carbocycles. The first-order valence-electron chi connectivity index (χ1n) is 10.0. The first-order valence-corrected chi connectivity index (χ1v) is 11.9. The summed E-state index contributed by atoms with van der Waals surface area (Å²) in [6.45, 7) is 4.43. The molecule has 0 saturated carbocycles. The Morgan fingerprint density at radius 1 is 1.16 bits per heavy atom. The van der Waals surface area contributed by atoms with Crippen molar-refractivity contribution < 1.29 is 9.18 Å². The summed E-state index contributed by atoms with van der Waals surface area (Å²) in [5.41, 5.74) is 4.95. The van der Waals surface area contributed by atoms with E-state index in [-0.39, 0.29) is 23.0 Å². The second-order valence-corrected chi connectivity index (χ2v) is 9.38. The predicted octanol–water partition coefficient (Wildman–Crippen LogP) is 4.83. The van der Waals surface area contributed by atoms with Gasteiger partial charge in [0.05, 0.1) is 11.1 Å². The average Bonchev–Trinajstić information content (AvgIpc) is 3.20. The number of thioether (sulfide) groups is 1. The predicted molar refractivity (Wildman–Crippen MR) is 129 cm³/mol.